The molecular weight excluding hydrogens is 691 g/mol. The van der Waals surface area contributed by atoms with Gasteiger partial charge in [-0.15, -0.1) is 0 Å². The lowest BCUT2D eigenvalue weighted by Gasteiger charge is -2.28. The van der Waals surface area contributed by atoms with E-state index in [-0.39, 0.29) is 5.41 Å². The summed E-state index contributed by atoms with van der Waals surface area (Å²) in [6, 6.07) is 72.5. The first-order valence-electron chi connectivity index (χ1n) is 19.8. The molecule has 57 heavy (non-hydrogen) atoms. The largest absolute Gasteiger partial charge is 0.456 e. The normalized spacial score (nSPS) is 12.9. The second-order valence-corrected chi connectivity index (χ2v) is 15.7. The van der Waals surface area contributed by atoms with Crippen molar-refractivity contribution in [2.45, 2.75) is 19.3 Å². The first-order valence-corrected chi connectivity index (χ1v) is 19.8. The van der Waals surface area contributed by atoms with E-state index in [1.165, 1.54) is 55.3 Å². The van der Waals surface area contributed by atoms with Crippen LogP contribution in [0.1, 0.15) is 25.0 Å². The van der Waals surface area contributed by atoms with Crippen LogP contribution in [0.4, 0.5) is 17.1 Å². The first kappa shape index (κ1) is 33.2. The van der Waals surface area contributed by atoms with Gasteiger partial charge in [0.15, 0.2) is 0 Å². The summed E-state index contributed by atoms with van der Waals surface area (Å²) in [5.74, 6) is 0. The molecule has 1 aliphatic carbocycles. The van der Waals surface area contributed by atoms with Crippen LogP contribution >= 0.6 is 0 Å². The van der Waals surface area contributed by atoms with Crippen molar-refractivity contribution in [3.63, 3.8) is 0 Å². The van der Waals surface area contributed by atoms with Crippen LogP contribution in [-0.2, 0) is 5.41 Å². The second-order valence-electron chi connectivity index (χ2n) is 15.7. The molecule has 0 bridgehead atoms. The lowest BCUT2D eigenvalue weighted by molar-refractivity contribution is 0.660. The minimum Gasteiger partial charge on any atom is -0.456 e. The molecule has 2 heteroatoms. The highest BCUT2D eigenvalue weighted by molar-refractivity contribution is 6.25. The molecule has 10 aromatic rings. The third-order valence-electron chi connectivity index (χ3n) is 12.1. The van der Waals surface area contributed by atoms with E-state index in [0.717, 1.165) is 50.1 Å². The molecule has 2 nitrogen and oxygen atoms in total. The molecule has 0 atom stereocenters. The average Bonchev–Trinajstić information content (AvgIpc) is 3.76. The third-order valence-corrected chi connectivity index (χ3v) is 12.1. The molecule has 1 aromatic heterocycles. The number of anilines is 3. The Bertz CT molecular complexity index is 3140. The molecule has 1 heterocycles. The van der Waals surface area contributed by atoms with E-state index in [0.29, 0.717) is 0 Å². The zero-order valence-electron chi connectivity index (χ0n) is 31.9. The molecule has 0 radical (unpaired) electrons. The minimum atomic E-state index is -0.117. The van der Waals surface area contributed by atoms with Crippen LogP contribution in [0.25, 0.3) is 77.2 Å². The highest BCUT2D eigenvalue weighted by atomic mass is 16.3. The van der Waals surface area contributed by atoms with Gasteiger partial charge in [0.2, 0.25) is 0 Å². The van der Waals surface area contributed by atoms with E-state index in [2.05, 4.69) is 219 Å². The van der Waals surface area contributed by atoms with Crippen molar-refractivity contribution in [2.24, 2.45) is 0 Å². The van der Waals surface area contributed by atoms with Crippen molar-refractivity contribution in [1.82, 2.24) is 0 Å². The smallest absolute Gasteiger partial charge is 0.136 e. The predicted molar refractivity (Wildman–Crippen MR) is 240 cm³/mol. The van der Waals surface area contributed by atoms with Crippen LogP contribution in [0.15, 0.2) is 205 Å². The minimum absolute atomic E-state index is 0.117. The number of furan rings is 1. The molecule has 9 aromatic carbocycles. The van der Waals surface area contributed by atoms with Crippen molar-refractivity contribution >= 4 is 49.8 Å². The van der Waals surface area contributed by atoms with Crippen molar-refractivity contribution in [1.29, 1.82) is 0 Å². The second kappa shape index (κ2) is 13.0. The summed E-state index contributed by atoms with van der Waals surface area (Å²) < 4.78 is 6.73. The first-order chi connectivity index (χ1) is 28.0. The Morgan fingerprint density at radius 2 is 0.947 bits per heavy atom. The quantitative estimate of drug-likeness (QED) is 0.169. The maximum absolute atomic E-state index is 6.73. The molecule has 11 rings (SSSR count). The van der Waals surface area contributed by atoms with Gasteiger partial charge < -0.3 is 9.32 Å². The van der Waals surface area contributed by atoms with Gasteiger partial charge >= 0.3 is 0 Å². The van der Waals surface area contributed by atoms with Crippen LogP contribution in [0, 0.1) is 0 Å². The summed E-state index contributed by atoms with van der Waals surface area (Å²) in [5.41, 5.74) is 17.4. The number of hydrogen-bond acceptors (Lipinski definition) is 2. The van der Waals surface area contributed by atoms with Crippen molar-refractivity contribution in [3.05, 3.63) is 211 Å². The Hall–Kier alpha value is -7.16. The predicted octanol–water partition coefficient (Wildman–Crippen LogP) is 15.5. The van der Waals surface area contributed by atoms with Gasteiger partial charge in [0, 0.05) is 33.2 Å². The molecular formula is C55H39NO. The summed E-state index contributed by atoms with van der Waals surface area (Å²) in [5, 5.41) is 4.69. The monoisotopic (exact) mass is 729 g/mol. The molecule has 0 amide bonds. The third kappa shape index (κ3) is 5.33. The fourth-order valence-corrected chi connectivity index (χ4v) is 9.30. The Labute approximate surface area is 332 Å². The van der Waals surface area contributed by atoms with E-state index in [1.54, 1.807) is 0 Å². The SMILES string of the molecule is CC1(C)c2ccccc2-c2ccc(N(c3ccc(-c4ccccc4)cc3)c3cccc(-c4cccc5oc6cc(-c7ccccc7)c7ccccc7c6c45)c3)cc21. The number of fused-ring (bicyclic) bond motifs is 8. The van der Waals surface area contributed by atoms with E-state index < -0.39 is 0 Å². The van der Waals surface area contributed by atoms with Crippen LogP contribution in [0.5, 0.6) is 0 Å². The molecule has 0 saturated carbocycles. The molecule has 0 aliphatic heterocycles. The van der Waals surface area contributed by atoms with E-state index in [4.69, 9.17) is 4.42 Å². The van der Waals surface area contributed by atoms with Crippen molar-refractivity contribution in [3.8, 4) is 44.5 Å². The topological polar surface area (TPSA) is 16.4 Å². The molecule has 270 valence electrons. The van der Waals surface area contributed by atoms with Gasteiger partial charge in [-0.25, -0.2) is 0 Å². The molecule has 0 saturated heterocycles. The molecule has 0 spiro atoms. The van der Waals surface area contributed by atoms with Gasteiger partial charge in [-0.05, 0) is 115 Å². The Kier molecular flexibility index (Phi) is 7.55. The summed E-state index contributed by atoms with van der Waals surface area (Å²) >= 11 is 0. The number of nitrogens with zero attached hydrogens (tertiary/aromatic N) is 1. The molecule has 0 fully saturated rings. The zero-order chi connectivity index (χ0) is 38.1. The number of benzene rings is 9. The highest BCUT2D eigenvalue weighted by Gasteiger charge is 2.35. The number of hydrogen-bond donors (Lipinski definition) is 0. The van der Waals surface area contributed by atoms with Gasteiger partial charge in [-0.1, -0.05) is 166 Å². The standard InChI is InChI=1S/C55H39NO/c1-55(2)49-25-12-11-22-45(49)46-32-31-42(34-50(46)55)56(40-29-27-37(28-30-40)36-15-5-3-6-16-36)41-20-13-19-39(33-41)43-24-14-26-51-53(43)54-47-23-10-9-21-44(47)48(35-52(54)57-51)38-17-7-4-8-18-38/h3-35H,1-2H3. The van der Waals surface area contributed by atoms with Gasteiger partial charge in [0.25, 0.3) is 0 Å². The Morgan fingerprint density at radius 3 is 1.75 bits per heavy atom. The summed E-state index contributed by atoms with van der Waals surface area (Å²) in [6.45, 7) is 4.70. The van der Waals surface area contributed by atoms with E-state index in [9.17, 15) is 0 Å². The lowest BCUT2D eigenvalue weighted by Crippen LogP contribution is -2.16. The maximum atomic E-state index is 6.73. The Morgan fingerprint density at radius 1 is 0.351 bits per heavy atom. The van der Waals surface area contributed by atoms with Gasteiger partial charge in [-0.3, -0.25) is 0 Å². The van der Waals surface area contributed by atoms with Crippen LogP contribution in [-0.4, -0.2) is 0 Å². The number of rotatable bonds is 6. The molecule has 0 unspecified atom stereocenters. The van der Waals surface area contributed by atoms with E-state index >= 15 is 0 Å². The molecule has 1 aliphatic rings. The van der Waals surface area contributed by atoms with Crippen LogP contribution in [0.2, 0.25) is 0 Å². The van der Waals surface area contributed by atoms with Crippen LogP contribution < -0.4 is 4.90 Å². The summed E-state index contributed by atoms with van der Waals surface area (Å²) in [7, 11) is 0. The highest BCUT2D eigenvalue weighted by Crippen LogP contribution is 2.51. The van der Waals surface area contributed by atoms with E-state index in [1.807, 2.05) is 0 Å². The summed E-state index contributed by atoms with van der Waals surface area (Å²) in [6.07, 6.45) is 0. The maximum Gasteiger partial charge on any atom is 0.136 e. The fraction of sp³-hybridized carbons (Fsp3) is 0.0545. The average molecular weight is 730 g/mol. The zero-order valence-corrected chi connectivity index (χ0v) is 31.9. The van der Waals surface area contributed by atoms with Crippen molar-refractivity contribution in [2.75, 3.05) is 4.90 Å². The van der Waals surface area contributed by atoms with Crippen molar-refractivity contribution < 1.29 is 4.42 Å². The summed E-state index contributed by atoms with van der Waals surface area (Å²) in [4.78, 5) is 2.41. The van der Waals surface area contributed by atoms with Crippen LogP contribution in [0.3, 0.4) is 0 Å². The lowest BCUT2D eigenvalue weighted by atomic mass is 9.82. The fourth-order valence-electron chi connectivity index (χ4n) is 9.30. The Balaban J connectivity index is 1.09. The van der Waals surface area contributed by atoms with Gasteiger partial charge in [0.1, 0.15) is 11.2 Å². The van der Waals surface area contributed by atoms with Gasteiger partial charge in [0.05, 0.1) is 0 Å². The van der Waals surface area contributed by atoms with Gasteiger partial charge in [-0.2, -0.15) is 0 Å². The molecule has 0 N–H and O–H groups in total.